The molecular formula is C20H25N5O6S2. The van der Waals surface area contributed by atoms with Gasteiger partial charge in [-0.3, -0.25) is 9.10 Å². The van der Waals surface area contributed by atoms with Gasteiger partial charge in [-0.2, -0.15) is 4.31 Å². The van der Waals surface area contributed by atoms with Gasteiger partial charge in [0.05, 0.1) is 22.4 Å². The highest BCUT2D eigenvalue weighted by molar-refractivity contribution is 7.92. The second-order valence-electron chi connectivity index (χ2n) is 7.46. The second kappa shape index (κ2) is 9.37. The summed E-state index contributed by atoms with van der Waals surface area (Å²) in [4.78, 5) is 25.4. The van der Waals surface area contributed by atoms with Crippen LogP contribution >= 0.6 is 0 Å². The smallest absolute Gasteiger partial charge is 0.314 e. The number of para-hydroxylation sites is 1. The molecule has 1 saturated heterocycles. The summed E-state index contributed by atoms with van der Waals surface area (Å²) >= 11 is 0. The molecule has 178 valence electrons. The molecule has 1 fully saturated rings. The molecule has 11 nitrogen and oxygen atoms in total. The van der Waals surface area contributed by atoms with E-state index >= 15 is 0 Å². The van der Waals surface area contributed by atoms with Crippen LogP contribution in [0.2, 0.25) is 0 Å². The van der Waals surface area contributed by atoms with E-state index in [2.05, 4.69) is 5.32 Å². The lowest BCUT2D eigenvalue weighted by atomic mass is 10.1. The number of urea groups is 1. The van der Waals surface area contributed by atoms with Gasteiger partial charge in [0.25, 0.3) is 5.91 Å². The average molecular weight is 496 g/mol. The quantitative estimate of drug-likeness (QED) is 0.603. The standard InChI is InChI=1S/C20H25N5O6S2/c1-23(32(2,28)29)18-6-4-3-5-17(18)19(26)22-15-7-9-16(10-8-15)33(30,31)25-13-11-24(12-14-25)20(21)27/h3-10H,11-14H2,1-2H3,(H2,21,27)(H,22,26). The molecule has 0 atom stereocenters. The Morgan fingerprint density at radius 2 is 1.52 bits per heavy atom. The monoisotopic (exact) mass is 495 g/mol. The molecule has 1 aliphatic heterocycles. The minimum absolute atomic E-state index is 0.0465. The predicted octanol–water partition coefficient (Wildman–Crippen LogP) is 0.720. The van der Waals surface area contributed by atoms with Crippen molar-refractivity contribution in [3.63, 3.8) is 0 Å². The highest BCUT2D eigenvalue weighted by Gasteiger charge is 2.29. The van der Waals surface area contributed by atoms with E-state index in [1.54, 1.807) is 12.1 Å². The summed E-state index contributed by atoms with van der Waals surface area (Å²) in [5.74, 6) is -0.542. The van der Waals surface area contributed by atoms with Crippen LogP contribution in [0.3, 0.4) is 0 Å². The van der Waals surface area contributed by atoms with E-state index in [9.17, 15) is 26.4 Å². The summed E-state index contributed by atoms with van der Waals surface area (Å²) < 4.78 is 51.8. The minimum atomic E-state index is -3.77. The van der Waals surface area contributed by atoms with Crippen molar-refractivity contribution in [3.8, 4) is 0 Å². The van der Waals surface area contributed by atoms with Crippen LogP contribution < -0.4 is 15.4 Å². The van der Waals surface area contributed by atoms with E-state index in [0.717, 1.165) is 10.6 Å². The first-order valence-corrected chi connectivity index (χ1v) is 13.2. The topological polar surface area (TPSA) is 150 Å². The Morgan fingerprint density at radius 3 is 2.06 bits per heavy atom. The molecule has 33 heavy (non-hydrogen) atoms. The number of piperazine rings is 1. The Labute approximate surface area is 192 Å². The molecule has 0 aromatic heterocycles. The molecule has 3 rings (SSSR count). The zero-order chi connectivity index (χ0) is 24.4. The van der Waals surface area contributed by atoms with E-state index < -0.39 is 32.0 Å². The number of benzene rings is 2. The van der Waals surface area contributed by atoms with Gasteiger partial charge in [-0.25, -0.2) is 21.6 Å². The van der Waals surface area contributed by atoms with Crippen molar-refractivity contribution < 1.29 is 26.4 Å². The van der Waals surface area contributed by atoms with E-state index in [1.165, 1.54) is 52.7 Å². The number of hydrogen-bond donors (Lipinski definition) is 2. The molecule has 0 bridgehead atoms. The molecule has 0 spiro atoms. The predicted molar refractivity (Wildman–Crippen MR) is 124 cm³/mol. The Balaban J connectivity index is 1.74. The summed E-state index contributed by atoms with van der Waals surface area (Å²) in [6, 6.07) is 11.3. The highest BCUT2D eigenvalue weighted by atomic mass is 32.2. The lowest BCUT2D eigenvalue weighted by Crippen LogP contribution is -2.51. The fraction of sp³-hybridized carbons (Fsp3) is 0.300. The number of sulfonamides is 2. The maximum absolute atomic E-state index is 12.9. The molecular weight excluding hydrogens is 470 g/mol. The van der Waals surface area contributed by atoms with Gasteiger partial charge in [0.1, 0.15) is 0 Å². The molecule has 2 aromatic rings. The van der Waals surface area contributed by atoms with Crippen LogP contribution in [0.25, 0.3) is 0 Å². The van der Waals surface area contributed by atoms with Gasteiger partial charge < -0.3 is 16.0 Å². The number of nitrogens with one attached hydrogen (secondary N) is 1. The molecule has 1 aliphatic rings. The first kappa shape index (κ1) is 24.5. The lowest BCUT2D eigenvalue weighted by Gasteiger charge is -2.32. The molecule has 0 unspecified atom stereocenters. The van der Waals surface area contributed by atoms with Crippen molar-refractivity contribution >= 4 is 43.4 Å². The minimum Gasteiger partial charge on any atom is -0.351 e. The van der Waals surface area contributed by atoms with Crippen LogP contribution in [0.5, 0.6) is 0 Å². The summed E-state index contributed by atoms with van der Waals surface area (Å²) in [6.45, 7) is 0.691. The van der Waals surface area contributed by atoms with E-state index in [-0.39, 0.29) is 42.3 Å². The van der Waals surface area contributed by atoms with Crippen LogP contribution in [0, 0.1) is 0 Å². The molecule has 0 aliphatic carbocycles. The van der Waals surface area contributed by atoms with Crippen molar-refractivity contribution in [1.82, 2.24) is 9.21 Å². The fourth-order valence-electron chi connectivity index (χ4n) is 3.33. The maximum atomic E-state index is 12.9. The Hall–Kier alpha value is -3.16. The van der Waals surface area contributed by atoms with Crippen LogP contribution in [-0.2, 0) is 20.0 Å². The third kappa shape index (κ3) is 5.43. The summed E-state index contributed by atoms with van der Waals surface area (Å²) in [7, 11) is -6.00. The zero-order valence-corrected chi connectivity index (χ0v) is 19.8. The highest BCUT2D eigenvalue weighted by Crippen LogP contribution is 2.24. The first-order chi connectivity index (χ1) is 15.4. The Bertz CT molecular complexity index is 1250. The van der Waals surface area contributed by atoms with Crippen LogP contribution in [0.4, 0.5) is 16.2 Å². The van der Waals surface area contributed by atoms with Gasteiger partial charge in [-0.15, -0.1) is 0 Å². The average Bonchev–Trinajstić information content (AvgIpc) is 2.78. The van der Waals surface area contributed by atoms with Crippen molar-refractivity contribution in [1.29, 1.82) is 0 Å². The molecule has 13 heteroatoms. The second-order valence-corrected chi connectivity index (χ2v) is 11.4. The Morgan fingerprint density at radius 1 is 0.939 bits per heavy atom. The van der Waals surface area contributed by atoms with Crippen LogP contribution in [0.15, 0.2) is 53.4 Å². The molecule has 0 radical (unpaired) electrons. The fourth-order valence-corrected chi connectivity index (χ4v) is 5.26. The Kier molecular flexibility index (Phi) is 6.95. The third-order valence-corrected chi connectivity index (χ3v) is 8.39. The van der Waals surface area contributed by atoms with Crippen molar-refractivity contribution in [2.24, 2.45) is 5.73 Å². The maximum Gasteiger partial charge on any atom is 0.314 e. The number of carbonyl (C=O) groups is 2. The number of nitrogens with two attached hydrogens (primary N) is 1. The van der Waals surface area contributed by atoms with E-state index in [4.69, 9.17) is 5.73 Å². The number of amides is 3. The SMILES string of the molecule is CN(c1ccccc1C(=O)Nc1ccc(S(=O)(=O)N2CCN(C(N)=O)CC2)cc1)S(C)(=O)=O. The number of nitrogens with zero attached hydrogens (tertiary/aromatic N) is 3. The van der Waals surface area contributed by atoms with E-state index in [0.29, 0.717) is 5.69 Å². The third-order valence-electron chi connectivity index (χ3n) is 5.29. The number of primary amides is 1. The van der Waals surface area contributed by atoms with Gasteiger partial charge in [0.2, 0.25) is 20.0 Å². The summed E-state index contributed by atoms with van der Waals surface area (Å²) in [6.07, 6.45) is 1.04. The number of rotatable bonds is 6. The van der Waals surface area contributed by atoms with Crippen molar-refractivity contribution in [2.75, 3.05) is 49.1 Å². The van der Waals surface area contributed by atoms with Gasteiger partial charge in [0, 0.05) is 38.9 Å². The normalized spacial score (nSPS) is 15.2. The lowest BCUT2D eigenvalue weighted by molar-refractivity contribution is 0.102. The largest absolute Gasteiger partial charge is 0.351 e. The van der Waals surface area contributed by atoms with Gasteiger partial charge in [0.15, 0.2) is 0 Å². The van der Waals surface area contributed by atoms with Crippen LogP contribution in [0.1, 0.15) is 10.4 Å². The number of anilines is 2. The molecule has 3 amide bonds. The van der Waals surface area contributed by atoms with Gasteiger partial charge in [-0.05, 0) is 36.4 Å². The van der Waals surface area contributed by atoms with Crippen molar-refractivity contribution in [2.45, 2.75) is 4.90 Å². The summed E-state index contributed by atoms with van der Waals surface area (Å²) in [5, 5.41) is 2.65. The molecule has 2 aromatic carbocycles. The van der Waals surface area contributed by atoms with Crippen molar-refractivity contribution in [3.05, 3.63) is 54.1 Å². The van der Waals surface area contributed by atoms with Crippen LogP contribution in [-0.4, -0.2) is 77.5 Å². The zero-order valence-electron chi connectivity index (χ0n) is 18.1. The number of carbonyl (C=O) groups excluding carboxylic acids is 2. The van der Waals surface area contributed by atoms with E-state index in [1.807, 2.05) is 0 Å². The number of hydrogen-bond acceptors (Lipinski definition) is 6. The summed E-state index contributed by atoms with van der Waals surface area (Å²) in [5.41, 5.74) is 5.93. The molecule has 1 heterocycles. The first-order valence-electron chi connectivity index (χ1n) is 9.90. The molecule has 3 N–H and O–H groups in total. The van der Waals surface area contributed by atoms with Gasteiger partial charge >= 0.3 is 6.03 Å². The molecule has 0 saturated carbocycles. The van der Waals surface area contributed by atoms with Gasteiger partial charge in [-0.1, -0.05) is 12.1 Å².